The first-order valence-electron chi connectivity index (χ1n) is 10.8. The molecule has 176 valence electrons. The van der Waals surface area contributed by atoms with Gasteiger partial charge in [-0.15, -0.1) is 0 Å². The van der Waals surface area contributed by atoms with Crippen LogP contribution in [0.2, 0.25) is 0 Å². The number of aliphatic imine (C=N–C) groups is 1. The van der Waals surface area contributed by atoms with Crippen molar-refractivity contribution in [1.82, 2.24) is 10.2 Å². The summed E-state index contributed by atoms with van der Waals surface area (Å²) >= 11 is 1.30. The van der Waals surface area contributed by atoms with Crippen LogP contribution in [-0.2, 0) is 20.9 Å². The van der Waals surface area contributed by atoms with E-state index in [1.54, 1.807) is 54.5 Å². The second-order valence-corrected chi connectivity index (χ2v) is 8.56. The average molecular weight is 484 g/mol. The fourth-order valence-corrected chi connectivity index (χ4v) is 4.87. The maximum absolute atomic E-state index is 14.9. The number of carbonyl (C=O) groups is 2. The first-order valence-corrected chi connectivity index (χ1v) is 11.6. The Labute approximate surface area is 200 Å². The molecule has 1 atom stereocenters. The molecular formula is C25H23F2N3O3S. The Morgan fingerprint density at radius 3 is 2.71 bits per heavy atom. The number of esters is 1. The molecule has 2 aliphatic rings. The molecule has 0 unspecified atom stereocenters. The summed E-state index contributed by atoms with van der Waals surface area (Å²) in [7, 11) is 0. The molecule has 6 nitrogen and oxygen atoms in total. The molecule has 9 heteroatoms. The smallest absolute Gasteiger partial charge is 0.338 e. The third kappa shape index (κ3) is 4.89. The van der Waals surface area contributed by atoms with Gasteiger partial charge in [0.1, 0.15) is 11.6 Å². The molecular weight excluding hydrogens is 460 g/mol. The lowest BCUT2D eigenvalue weighted by Crippen LogP contribution is -2.38. The third-order valence-corrected chi connectivity index (χ3v) is 6.30. The Hall–Kier alpha value is -3.46. The summed E-state index contributed by atoms with van der Waals surface area (Å²) in [6.07, 6.45) is -0.0263. The summed E-state index contributed by atoms with van der Waals surface area (Å²) in [6.45, 7) is 3.72. The molecule has 1 N–H and O–H groups in total. The van der Waals surface area contributed by atoms with Gasteiger partial charge in [0.25, 0.3) is 0 Å². The van der Waals surface area contributed by atoms with Crippen molar-refractivity contribution in [2.45, 2.75) is 32.9 Å². The summed E-state index contributed by atoms with van der Waals surface area (Å²) in [5.41, 5.74) is 2.16. The van der Waals surface area contributed by atoms with Gasteiger partial charge >= 0.3 is 5.97 Å². The number of hydrogen-bond donors (Lipinski definition) is 1. The van der Waals surface area contributed by atoms with Crippen molar-refractivity contribution >= 4 is 28.8 Å². The zero-order chi connectivity index (χ0) is 24.2. The number of amides is 1. The quantitative estimate of drug-likeness (QED) is 0.573. The Bertz CT molecular complexity index is 1230. The summed E-state index contributed by atoms with van der Waals surface area (Å²) in [6, 6.07) is 11.4. The Kier molecular flexibility index (Phi) is 7.12. The van der Waals surface area contributed by atoms with Gasteiger partial charge in [-0.1, -0.05) is 42.1 Å². The Morgan fingerprint density at radius 1 is 1.18 bits per heavy atom. The second-order valence-electron chi connectivity index (χ2n) is 7.72. The van der Waals surface area contributed by atoms with E-state index < -0.39 is 17.8 Å². The molecule has 0 aromatic heterocycles. The van der Waals surface area contributed by atoms with Crippen molar-refractivity contribution in [3.05, 3.63) is 93.7 Å². The fourth-order valence-electron chi connectivity index (χ4n) is 3.91. The van der Waals surface area contributed by atoms with Crippen molar-refractivity contribution < 1.29 is 23.1 Å². The molecule has 2 aliphatic heterocycles. The first-order chi connectivity index (χ1) is 16.4. The van der Waals surface area contributed by atoms with E-state index in [1.165, 1.54) is 30.0 Å². The monoisotopic (exact) mass is 483 g/mol. The highest BCUT2D eigenvalue weighted by Gasteiger charge is 2.42. The van der Waals surface area contributed by atoms with Crippen LogP contribution in [0.5, 0.6) is 0 Å². The van der Waals surface area contributed by atoms with Crippen LogP contribution in [-0.4, -0.2) is 28.6 Å². The number of hydrogen-bond acceptors (Lipinski definition) is 6. The molecule has 0 radical (unpaired) electrons. The van der Waals surface area contributed by atoms with Crippen LogP contribution in [0, 0.1) is 11.6 Å². The number of nitrogens with zero attached hydrogens (tertiary/aromatic N) is 2. The Balaban J connectivity index is 1.61. The molecule has 0 fully saturated rings. The highest BCUT2D eigenvalue weighted by Crippen LogP contribution is 2.45. The number of thioether (sulfide) groups is 1. The number of nitrogens with one attached hydrogen (secondary N) is 1. The van der Waals surface area contributed by atoms with E-state index in [0.29, 0.717) is 22.1 Å². The number of benzene rings is 2. The molecule has 0 saturated carbocycles. The molecule has 4 rings (SSSR count). The van der Waals surface area contributed by atoms with Crippen LogP contribution >= 0.6 is 11.8 Å². The number of ether oxygens (including phenoxy) is 1. The SMILES string of the molecule is CCOC(=O)C1=C(C)N=C2SC=C(CC(=O)NCc3cccc(F)c3)N2[C@@H]1c1ccccc1F. The van der Waals surface area contributed by atoms with Gasteiger partial charge in [-0.2, -0.15) is 0 Å². The zero-order valence-electron chi connectivity index (χ0n) is 18.7. The maximum atomic E-state index is 14.9. The van der Waals surface area contributed by atoms with Crippen LogP contribution in [0.15, 0.2) is 75.9 Å². The number of allylic oxidation sites excluding steroid dienone is 1. The predicted molar refractivity (Wildman–Crippen MR) is 126 cm³/mol. The average Bonchev–Trinajstić information content (AvgIpc) is 3.19. The highest BCUT2D eigenvalue weighted by molar-refractivity contribution is 8.16. The van der Waals surface area contributed by atoms with Gasteiger partial charge in [-0.25, -0.2) is 18.6 Å². The molecule has 0 saturated heterocycles. The highest BCUT2D eigenvalue weighted by atomic mass is 32.2. The Morgan fingerprint density at radius 2 is 1.97 bits per heavy atom. The lowest BCUT2D eigenvalue weighted by atomic mass is 9.93. The third-order valence-electron chi connectivity index (χ3n) is 5.42. The van der Waals surface area contributed by atoms with Crippen LogP contribution in [0.25, 0.3) is 0 Å². The standard InChI is InChI=1S/C25H23F2N3O3S/c1-3-33-24(32)22-15(2)29-25-30(23(22)19-9-4-5-10-20(19)27)18(14-34-25)12-21(31)28-13-16-7-6-8-17(26)11-16/h4-11,14,23H,3,12-13H2,1-2H3,(H,28,31)/t23-/m1/s1. The van der Waals surface area contributed by atoms with Crippen molar-refractivity contribution in [2.24, 2.45) is 4.99 Å². The van der Waals surface area contributed by atoms with E-state index in [0.717, 1.165) is 0 Å². The minimum atomic E-state index is -0.829. The molecule has 0 spiro atoms. The van der Waals surface area contributed by atoms with Gasteiger partial charge in [0, 0.05) is 17.8 Å². The summed E-state index contributed by atoms with van der Waals surface area (Å²) in [5, 5.41) is 5.10. The van der Waals surface area contributed by atoms with Crippen molar-refractivity contribution in [2.75, 3.05) is 6.61 Å². The van der Waals surface area contributed by atoms with Crippen molar-refractivity contribution in [3.63, 3.8) is 0 Å². The lowest BCUT2D eigenvalue weighted by molar-refractivity contribution is -0.139. The lowest BCUT2D eigenvalue weighted by Gasteiger charge is -2.36. The van der Waals surface area contributed by atoms with E-state index >= 15 is 0 Å². The molecule has 2 heterocycles. The molecule has 2 aromatic carbocycles. The normalized spacial score (nSPS) is 17.2. The van der Waals surface area contributed by atoms with Crippen LogP contribution in [0.1, 0.15) is 37.4 Å². The first kappa shape index (κ1) is 23.7. The van der Waals surface area contributed by atoms with Crippen LogP contribution in [0.4, 0.5) is 8.78 Å². The van der Waals surface area contributed by atoms with Crippen molar-refractivity contribution in [1.29, 1.82) is 0 Å². The van der Waals surface area contributed by atoms with Gasteiger partial charge in [-0.3, -0.25) is 4.79 Å². The summed E-state index contributed by atoms with van der Waals surface area (Å²) < 4.78 is 33.6. The molecule has 1 amide bonds. The van der Waals surface area contributed by atoms with Gasteiger partial charge in [-0.05, 0) is 43.0 Å². The van der Waals surface area contributed by atoms with E-state index in [4.69, 9.17) is 4.74 Å². The maximum Gasteiger partial charge on any atom is 0.338 e. The minimum Gasteiger partial charge on any atom is -0.463 e. The van der Waals surface area contributed by atoms with Gasteiger partial charge in [0.15, 0.2) is 5.17 Å². The van der Waals surface area contributed by atoms with E-state index in [1.807, 2.05) is 0 Å². The number of rotatable bonds is 7. The molecule has 0 bridgehead atoms. The zero-order valence-corrected chi connectivity index (χ0v) is 19.5. The summed E-state index contributed by atoms with van der Waals surface area (Å²) in [4.78, 5) is 31.8. The molecule has 34 heavy (non-hydrogen) atoms. The van der Waals surface area contributed by atoms with Gasteiger partial charge in [0.2, 0.25) is 5.91 Å². The van der Waals surface area contributed by atoms with E-state index in [2.05, 4.69) is 10.3 Å². The predicted octanol–water partition coefficient (Wildman–Crippen LogP) is 4.81. The number of fused-ring (bicyclic) bond motifs is 1. The fraction of sp³-hybridized carbons (Fsp3) is 0.240. The largest absolute Gasteiger partial charge is 0.463 e. The molecule has 0 aliphatic carbocycles. The van der Waals surface area contributed by atoms with Crippen LogP contribution < -0.4 is 5.32 Å². The second kappa shape index (κ2) is 10.2. The van der Waals surface area contributed by atoms with Crippen molar-refractivity contribution in [3.8, 4) is 0 Å². The molecule has 2 aromatic rings. The van der Waals surface area contributed by atoms with Gasteiger partial charge < -0.3 is 15.0 Å². The number of amidine groups is 1. The van der Waals surface area contributed by atoms with Gasteiger partial charge in [0.05, 0.1) is 30.3 Å². The van der Waals surface area contributed by atoms with E-state index in [-0.39, 0.29) is 42.4 Å². The summed E-state index contributed by atoms with van der Waals surface area (Å²) in [5.74, 6) is -1.73. The minimum absolute atomic E-state index is 0.0263. The number of halogens is 2. The number of carbonyl (C=O) groups excluding carboxylic acids is 2. The topological polar surface area (TPSA) is 71.0 Å². The van der Waals surface area contributed by atoms with E-state index in [9.17, 15) is 18.4 Å². The van der Waals surface area contributed by atoms with Crippen LogP contribution in [0.3, 0.4) is 0 Å².